The molecule has 0 unspecified atom stereocenters. The molecule has 13 nitrogen and oxygen atoms in total. The number of aromatic nitrogens is 1. The van der Waals surface area contributed by atoms with Crippen molar-refractivity contribution in [3.8, 4) is 17.5 Å². The summed E-state index contributed by atoms with van der Waals surface area (Å²) in [5.74, 6) is 3.49. The number of esters is 1. The van der Waals surface area contributed by atoms with Crippen molar-refractivity contribution in [2.24, 2.45) is 17.8 Å². The molecular formula is C44H67N3O10. The van der Waals surface area contributed by atoms with Crippen molar-refractivity contribution in [3.05, 3.63) is 64.1 Å². The zero-order chi connectivity index (χ0) is 42.6. The SMILES string of the molecule is CC[C@H]1OC(=O)[C@H](C)[C@@H](O)[C@H](C)[C@@H](O[C@@H]2O[C@H](C)C[C@H](N(C)CC#Cc3ccc(-n4cc(C)ccc4=O)cc3)[C@H]2O)[C@](C)(O)C[C@@H](C)CN(C)[C@H](C)[C@@H](O)[C@]1(C)O. The largest absolute Gasteiger partial charge is 0.459 e. The first-order chi connectivity index (χ1) is 26.6. The zero-order valence-corrected chi connectivity index (χ0v) is 35.6. The molecule has 0 bridgehead atoms. The number of carbonyl (C=O) groups is 1. The number of aryl methyl sites for hydroxylation is 1. The predicted octanol–water partition coefficient (Wildman–Crippen LogP) is 2.86. The van der Waals surface area contributed by atoms with Gasteiger partial charge in [-0.2, -0.15) is 0 Å². The molecule has 0 radical (unpaired) electrons. The summed E-state index contributed by atoms with van der Waals surface area (Å²) in [5.41, 5.74) is -0.997. The van der Waals surface area contributed by atoms with Crippen LogP contribution in [0.15, 0.2) is 47.4 Å². The van der Waals surface area contributed by atoms with E-state index in [0.717, 1.165) is 16.8 Å². The summed E-state index contributed by atoms with van der Waals surface area (Å²) in [7, 11) is 3.69. The highest BCUT2D eigenvalue weighted by Crippen LogP contribution is 2.36. The smallest absolute Gasteiger partial charge is 0.311 e. The Hall–Kier alpha value is -3.16. The highest BCUT2D eigenvalue weighted by molar-refractivity contribution is 5.73. The monoisotopic (exact) mass is 797 g/mol. The Kier molecular flexibility index (Phi) is 15.7. The highest BCUT2D eigenvalue weighted by Gasteiger charge is 2.50. The second kappa shape index (κ2) is 19.3. The number of aliphatic hydroxyl groups excluding tert-OH is 3. The molecule has 13 heteroatoms. The van der Waals surface area contributed by atoms with Crippen LogP contribution in [0, 0.1) is 36.5 Å². The molecule has 1 aromatic heterocycles. The molecule has 57 heavy (non-hydrogen) atoms. The topological polar surface area (TPSA) is 174 Å². The second-order valence-corrected chi connectivity index (χ2v) is 17.3. The number of carbonyl (C=O) groups excluding carboxylic acids is 1. The number of nitrogens with zero attached hydrogens (tertiary/aromatic N) is 3. The Bertz CT molecular complexity index is 1750. The Balaban J connectivity index is 1.56. The molecule has 0 saturated carbocycles. The van der Waals surface area contributed by atoms with Crippen molar-refractivity contribution in [2.75, 3.05) is 27.2 Å². The van der Waals surface area contributed by atoms with Crippen LogP contribution in [0.1, 0.15) is 85.8 Å². The average molecular weight is 798 g/mol. The van der Waals surface area contributed by atoms with Crippen molar-refractivity contribution >= 4 is 5.97 Å². The van der Waals surface area contributed by atoms with Gasteiger partial charge in [-0.05, 0) is 111 Å². The summed E-state index contributed by atoms with van der Waals surface area (Å²) in [5, 5.41) is 58.5. The summed E-state index contributed by atoms with van der Waals surface area (Å²) < 4.78 is 20.1. The molecular weight excluding hydrogens is 730 g/mol. The number of hydrogen-bond acceptors (Lipinski definition) is 12. The molecule has 318 valence electrons. The fourth-order valence-electron chi connectivity index (χ4n) is 8.55. The zero-order valence-electron chi connectivity index (χ0n) is 35.6. The van der Waals surface area contributed by atoms with E-state index in [1.807, 2.05) is 68.9 Å². The molecule has 2 aliphatic heterocycles. The first-order valence-corrected chi connectivity index (χ1v) is 20.3. The lowest BCUT2D eigenvalue weighted by Crippen LogP contribution is -2.59. The summed E-state index contributed by atoms with van der Waals surface area (Å²) in [4.78, 5) is 29.7. The summed E-state index contributed by atoms with van der Waals surface area (Å²) in [6.07, 6.45) is -4.77. The van der Waals surface area contributed by atoms with Crippen LogP contribution in [0.2, 0.25) is 0 Å². The molecule has 14 atom stereocenters. The number of pyridine rings is 1. The molecule has 0 aliphatic carbocycles. The Labute approximate surface area is 338 Å². The number of rotatable bonds is 6. The Morgan fingerprint density at radius 3 is 2.26 bits per heavy atom. The fraction of sp³-hybridized carbons (Fsp3) is 0.682. The van der Waals surface area contributed by atoms with Crippen molar-refractivity contribution in [1.82, 2.24) is 14.4 Å². The van der Waals surface area contributed by atoms with Crippen LogP contribution in [0.5, 0.6) is 0 Å². The van der Waals surface area contributed by atoms with E-state index in [9.17, 15) is 35.1 Å². The third-order valence-corrected chi connectivity index (χ3v) is 12.1. The van der Waals surface area contributed by atoms with E-state index >= 15 is 0 Å². The fourth-order valence-corrected chi connectivity index (χ4v) is 8.55. The molecule has 3 heterocycles. The van der Waals surface area contributed by atoms with Crippen LogP contribution < -0.4 is 5.56 Å². The van der Waals surface area contributed by atoms with Gasteiger partial charge in [0, 0.05) is 48.1 Å². The number of benzene rings is 1. The standard InChI is InChI=1S/C44H67N3O10/c1-12-35-44(9,54)39(51)31(7)46(11)24-27(3)23-43(8,53)40(29(5)37(49)30(6)41(52)56-35)57-42-38(50)34(22-28(4)55-42)45(10)21-13-14-32-16-18-33(19-17-32)47-25-26(2)15-20-36(47)48/h15-20,25,27-31,34-35,37-40,42,49-51,53-54H,12,21-24H2,1-11H3/t27-,28-,29+,30-,31-,34+,35-,37+,38-,39-,40-,42+,43-,44-/m1/s1. The van der Waals surface area contributed by atoms with Gasteiger partial charge in [0.25, 0.3) is 5.56 Å². The van der Waals surface area contributed by atoms with Gasteiger partial charge in [-0.25, -0.2) is 0 Å². The minimum Gasteiger partial charge on any atom is -0.459 e. The van der Waals surface area contributed by atoms with Crippen LogP contribution in [0.3, 0.4) is 0 Å². The molecule has 0 amide bonds. The average Bonchev–Trinajstić information content (AvgIpc) is 3.15. The lowest BCUT2D eigenvalue weighted by molar-refractivity contribution is -0.299. The van der Waals surface area contributed by atoms with Crippen molar-refractivity contribution < 1.29 is 44.5 Å². The lowest BCUT2D eigenvalue weighted by Gasteiger charge is -2.47. The molecule has 2 fully saturated rings. The van der Waals surface area contributed by atoms with Gasteiger partial charge in [-0.1, -0.05) is 38.7 Å². The van der Waals surface area contributed by atoms with Gasteiger partial charge in [0.1, 0.15) is 23.9 Å². The Morgan fingerprint density at radius 1 is 0.982 bits per heavy atom. The van der Waals surface area contributed by atoms with Crippen LogP contribution >= 0.6 is 0 Å². The van der Waals surface area contributed by atoms with Crippen LogP contribution in [0.25, 0.3) is 5.69 Å². The predicted molar refractivity (Wildman–Crippen MR) is 218 cm³/mol. The minimum atomic E-state index is -1.79. The van der Waals surface area contributed by atoms with Gasteiger partial charge in [0.2, 0.25) is 0 Å². The molecule has 1 aromatic carbocycles. The third-order valence-electron chi connectivity index (χ3n) is 12.1. The first kappa shape index (κ1) is 46.5. The van der Waals surface area contributed by atoms with Crippen molar-refractivity contribution in [1.29, 1.82) is 0 Å². The van der Waals surface area contributed by atoms with E-state index in [1.54, 1.807) is 44.5 Å². The number of ether oxygens (including phenoxy) is 3. The number of cyclic esters (lactones) is 1. The number of hydrogen-bond donors (Lipinski definition) is 5. The maximum atomic E-state index is 13.5. The Morgan fingerprint density at radius 2 is 1.63 bits per heavy atom. The summed E-state index contributed by atoms with van der Waals surface area (Å²) in [6.45, 7) is 16.3. The van der Waals surface area contributed by atoms with Gasteiger partial charge < -0.3 is 44.6 Å². The summed E-state index contributed by atoms with van der Waals surface area (Å²) in [6, 6.07) is 9.76. The lowest BCUT2D eigenvalue weighted by atomic mass is 9.78. The van der Waals surface area contributed by atoms with Gasteiger partial charge in [0.15, 0.2) is 6.29 Å². The maximum absolute atomic E-state index is 13.5. The number of aliphatic hydroxyl groups is 5. The van der Waals surface area contributed by atoms with Gasteiger partial charge >= 0.3 is 5.97 Å². The van der Waals surface area contributed by atoms with E-state index < -0.39 is 77.9 Å². The van der Waals surface area contributed by atoms with E-state index in [0.29, 0.717) is 19.5 Å². The summed E-state index contributed by atoms with van der Waals surface area (Å²) >= 11 is 0. The van der Waals surface area contributed by atoms with Crippen LogP contribution in [0.4, 0.5) is 0 Å². The maximum Gasteiger partial charge on any atom is 0.311 e. The molecule has 2 saturated heterocycles. The van der Waals surface area contributed by atoms with Crippen molar-refractivity contribution in [3.63, 3.8) is 0 Å². The normalized spacial score (nSPS) is 37.7. The number of likely N-dealkylation sites (N-methyl/N-ethyl adjacent to an activating group) is 2. The minimum absolute atomic E-state index is 0.117. The van der Waals surface area contributed by atoms with Crippen LogP contribution in [-0.2, 0) is 19.0 Å². The van der Waals surface area contributed by atoms with Crippen molar-refractivity contribution in [2.45, 2.75) is 148 Å². The molecule has 5 N–H and O–H groups in total. The van der Waals surface area contributed by atoms with Gasteiger partial charge in [-0.15, -0.1) is 0 Å². The van der Waals surface area contributed by atoms with Gasteiger partial charge in [0.05, 0.1) is 36.4 Å². The molecule has 4 rings (SSSR count). The van der Waals surface area contributed by atoms with Crippen LogP contribution in [-0.4, -0.2) is 139 Å². The van der Waals surface area contributed by atoms with Gasteiger partial charge in [-0.3, -0.25) is 19.1 Å². The first-order valence-electron chi connectivity index (χ1n) is 20.3. The quantitative estimate of drug-likeness (QED) is 0.214. The molecule has 2 aliphatic rings. The van der Waals surface area contributed by atoms with E-state index in [-0.39, 0.29) is 30.4 Å². The molecule has 2 aromatic rings. The van der Waals surface area contributed by atoms with E-state index in [1.165, 1.54) is 19.9 Å². The second-order valence-electron chi connectivity index (χ2n) is 17.3. The highest BCUT2D eigenvalue weighted by atomic mass is 16.7. The van der Waals surface area contributed by atoms with E-state index in [2.05, 4.69) is 11.8 Å². The molecule has 0 spiro atoms. The van der Waals surface area contributed by atoms with E-state index in [4.69, 9.17) is 14.2 Å². The third kappa shape index (κ3) is 11.1.